The molecule has 0 amide bonds. The quantitative estimate of drug-likeness (QED) is 0.886. The Kier molecular flexibility index (Phi) is 3.75. The third-order valence-corrected chi connectivity index (χ3v) is 3.17. The van der Waals surface area contributed by atoms with Crippen LogP contribution < -0.4 is 4.90 Å². The van der Waals surface area contributed by atoms with Crippen LogP contribution in [0.1, 0.15) is 18.4 Å². The number of aromatic nitrogens is 1. The lowest BCUT2D eigenvalue weighted by Crippen LogP contribution is -2.37. The molecule has 6 heteroatoms. The average molecular weight is 260 g/mol. The summed E-state index contributed by atoms with van der Waals surface area (Å²) >= 11 is 0. The van der Waals surface area contributed by atoms with Gasteiger partial charge in [0, 0.05) is 25.9 Å². The van der Waals surface area contributed by atoms with Crippen LogP contribution in [0.2, 0.25) is 0 Å². The van der Waals surface area contributed by atoms with E-state index in [2.05, 4.69) is 4.98 Å². The maximum Gasteiger partial charge on any atom is 0.416 e. The van der Waals surface area contributed by atoms with E-state index in [9.17, 15) is 13.2 Å². The van der Waals surface area contributed by atoms with Gasteiger partial charge >= 0.3 is 6.18 Å². The molecule has 1 unspecified atom stereocenters. The molecule has 0 aliphatic carbocycles. The molecule has 0 spiro atoms. The summed E-state index contributed by atoms with van der Waals surface area (Å²) in [6.07, 6.45) is -1.39. The van der Waals surface area contributed by atoms with E-state index in [0.29, 0.717) is 18.9 Å². The van der Waals surface area contributed by atoms with Gasteiger partial charge in [-0.3, -0.25) is 0 Å². The Morgan fingerprint density at radius 1 is 1.44 bits per heavy atom. The molecule has 1 aliphatic heterocycles. The van der Waals surface area contributed by atoms with Crippen molar-refractivity contribution in [2.75, 3.05) is 24.6 Å². The van der Waals surface area contributed by atoms with E-state index < -0.39 is 11.7 Å². The van der Waals surface area contributed by atoms with Crippen molar-refractivity contribution < 1.29 is 18.3 Å². The number of rotatable bonds is 2. The van der Waals surface area contributed by atoms with E-state index >= 15 is 0 Å². The molecular formula is C12H15F3N2O. The minimum Gasteiger partial charge on any atom is -0.396 e. The normalized spacial score (nSPS) is 21.1. The van der Waals surface area contributed by atoms with Crippen molar-refractivity contribution in [3.63, 3.8) is 0 Å². The first-order valence-electron chi connectivity index (χ1n) is 5.90. The van der Waals surface area contributed by atoms with E-state index in [1.54, 1.807) is 4.90 Å². The number of piperidine rings is 1. The van der Waals surface area contributed by atoms with Gasteiger partial charge in [0.15, 0.2) is 0 Å². The van der Waals surface area contributed by atoms with Gasteiger partial charge in [-0.2, -0.15) is 13.2 Å². The highest BCUT2D eigenvalue weighted by Gasteiger charge is 2.31. The predicted molar refractivity (Wildman–Crippen MR) is 61.3 cm³/mol. The van der Waals surface area contributed by atoms with Crippen LogP contribution in [0.5, 0.6) is 0 Å². The van der Waals surface area contributed by atoms with Gasteiger partial charge in [-0.05, 0) is 30.9 Å². The second-order valence-corrected chi connectivity index (χ2v) is 4.54. The third kappa shape index (κ3) is 2.93. The Morgan fingerprint density at radius 2 is 2.22 bits per heavy atom. The zero-order valence-electron chi connectivity index (χ0n) is 9.82. The lowest BCUT2D eigenvalue weighted by Gasteiger charge is -2.32. The molecule has 1 N–H and O–H groups in total. The van der Waals surface area contributed by atoms with Crippen molar-refractivity contribution in [3.05, 3.63) is 23.9 Å². The highest BCUT2D eigenvalue weighted by atomic mass is 19.4. The summed E-state index contributed by atoms with van der Waals surface area (Å²) in [5, 5.41) is 9.11. The molecule has 2 heterocycles. The molecule has 18 heavy (non-hydrogen) atoms. The number of pyridine rings is 1. The Hall–Kier alpha value is -1.30. The zero-order chi connectivity index (χ0) is 13.2. The molecule has 2 rings (SSSR count). The molecular weight excluding hydrogens is 245 g/mol. The number of anilines is 1. The van der Waals surface area contributed by atoms with E-state index in [-0.39, 0.29) is 12.5 Å². The highest BCUT2D eigenvalue weighted by molar-refractivity contribution is 5.42. The summed E-state index contributed by atoms with van der Waals surface area (Å²) in [7, 11) is 0. The predicted octanol–water partition coefficient (Wildman–Crippen LogP) is 2.31. The Labute approximate surface area is 103 Å². The Morgan fingerprint density at radius 3 is 2.89 bits per heavy atom. The monoisotopic (exact) mass is 260 g/mol. The van der Waals surface area contributed by atoms with Crippen LogP contribution in [0.25, 0.3) is 0 Å². The van der Waals surface area contributed by atoms with Crippen LogP contribution in [0.4, 0.5) is 19.0 Å². The second-order valence-electron chi connectivity index (χ2n) is 4.54. The molecule has 1 fully saturated rings. The minimum absolute atomic E-state index is 0.0649. The summed E-state index contributed by atoms with van der Waals surface area (Å²) in [6, 6.07) is 2.04. The molecule has 100 valence electrons. The van der Waals surface area contributed by atoms with Crippen molar-refractivity contribution in [1.29, 1.82) is 0 Å². The van der Waals surface area contributed by atoms with E-state index in [1.165, 1.54) is 6.20 Å². The lowest BCUT2D eigenvalue weighted by molar-refractivity contribution is -0.137. The molecule has 1 saturated heterocycles. The Bertz CT molecular complexity index is 409. The maximum atomic E-state index is 12.6. The summed E-state index contributed by atoms with van der Waals surface area (Å²) in [4.78, 5) is 5.79. The Balaban J connectivity index is 2.18. The molecule has 1 aliphatic rings. The summed E-state index contributed by atoms with van der Waals surface area (Å²) < 4.78 is 37.8. The average Bonchev–Trinajstić information content (AvgIpc) is 2.38. The van der Waals surface area contributed by atoms with Crippen molar-refractivity contribution in [1.82, 2.24) is 4.98 Å². The number of hydrogen-bond donors (Lipinski definition) is 1. The van der Waals surface area contributed by atoms with E-state index in [0.717, 1.165) is 25.0 Å². The van der Waals surface area contributed by atoms with Crippen molar-refractivity contribution in [3.8, 4) is 0 Å². The van der Waals surface area contributed by atoms with Gasteiger partial charge in [0.2, 0.25) is 0 Å². The first kappa shape index (κ1) is 13.1. The minimum atomic E-state index is -4.34. The molecule has 1 atom stereocenters. The smallest absolute Gasteiger partial charge is 0.396 e. The SMILES string of the molecule is OCC1CCCN(c2cc(C(F)(F)F)ccn2)C1. The van der Waals surface area contributed by atoms with Crippen molar-refractivity contribution in [2.24, 2.45) is 5.92 Å². The van der Waals surface area contributed by atoms with Crippen LogP contribution in [-0.4, -0.2) is 29.8 Å². The van der Waals surface area contributed by atoms with Crippen LogP contribution in [0.3, 0.4) is 0 Å². The summed E-state index contributed by atoms with van der Waals surface area (Å²) in [5.74, 6) is 0.457. The fourth-order valence-electron chi connectivity index (χ4n) is 2.19. The van der Waals surface area contributed by atoms with E-state index in [4.69, 9.17) is 5.11 Å². The van der Waals surface area contributed by atoms with Crippen molar-refractivity contribution >= 4 is 5.82 Å². The van der Waals surface area contributed by atoms with E-state index in [1.807, 2.05) is 0 Å². The number of alkyl halides is 3. The summed E-state index contributed by atoms with van der Waals surface area (Å²) in [6.45, 7) is 1.31. The molecule has 0 bridgehead atoms. The number of aliphatic hydroxyl groups excluding tert-OH is 1. The van der Waals surface area contributed by atoms with Crippen LogP contribution in [0.15, 0.2) is 18.3 Å². The number of nitrogens with zero attached hydrogens (tertiary/aromatic N) is 2. The fourth-order valence-corrected chi connectivity index (χ4v) is 2.19. The van der Waals surface area contributed by atoms with Gasteiger partial charge in [-0.25, -0.2) is 4.98 Å². The molecule has 1 aromatic heterocycles. The number of halogens is 3. The molecule has 0 radical (unpaired) electrons. The summed E-state index contributed by atoms with van der Waals surface area (Å²) in [5.41, 5.74) is -0.682. The highest BCUT2D eigenvalue weighted by Crippen LogP contribution is 2.31. The second kappa shape index (κ2) is 5.14. The van der Waals surface area contributed by atoms with Crippen molar-refractivity contribution in [2.45, 2.75) is 19.0 Å². The van der Waals surface area contributed by atoms with Crippen LogP contribution in [-0.2, 0) is 6.18 Å². The van der Waals surface area contributed by atoms with Crippen LogP contribution in [0, 0.1) is 5.92 Å². The lowest BCUT2D eigenvalue weighted by atomic mass is 9.99. The largest absolute Gasteiger partial charge is 0.416 e. The molecule has 3 nitrogen and oxygen atoms in total. The first-order chi connectivity index (χ1) is 8.50. The van der Waals surface area contributed by atoms with Gasteiger partial charge in [0.25, 0.3) is 0 Å². The standard InChI is InChI=1S/C12H15F3N2O/c13-12(14,15)10-3-4-16-11(6-10)17-5-1-2-9(7-17)8-18/h3-4,6,9,18H,1-2,5,7-8H2. The molecule has 0 saturated carbocycles. The molecule has 0 aromatic carbocycles. The van der Waals surface area contributed by atoms with Crippen LogP contribution >= 0.6 is 0 Å². The number of aliphatic hydroxyl groups is 1. The van der Waals surface area contributed by atoms with Gasteiger partial charge in [-0.1, -0.05) is 0 Å². The topological polar surface area (TPSA) is 36.4 Å². The van der Waals surface area contributed by atoms with Gasteiger partial charge in [0.1, 0.15) is 5.82 Å². The third-order valence-electron chi connectivity index (χ3n) is 3.17. The fraction of sp³-hybridized carbons (Fsp3) is 0.583. The van der Waals surface area contributed by atoms with Gasteiger partial charge < -0.3 is 10.0 Å². The maximum absolute atomic E-state index is 12.6. The zero-order valence-corrected chi connectivity index (χ0v) is 9.82. The molecule has 1 aromatic rings. The van der Waals surface area contributed by atoms with Gasteiger partial charge in [-0.15, -0.1) is 0 Å². The first-order valence-corrected chi connectivity index (χ1v) is 5.90. The number of hydrogen-bond acceptors (Lipinski definition) is 3. The van der Waals surface area contributed by atoms with Gasteiger partial charge in [0.05, 0.1) is 5.56 Å².